The normalized spacial score (nSPS) is 10.8. The predicted octanol–water partition coefficient (Wildman–Crippen LogP) is -0.840. The van der Waals surface area contributed by atoms with Crippen molar-refractivity contribution in [2.45, 2.75) is 6.42 Å². The number of benzene rings is 1. The first-order valence-electron chi connectivity index (χ1n) is 4.96. The minimum Gasteiger partial charge on any atom is -0.496 e. The zero-order chi connectivity index (χ0) is 12.0. The van der Waals surface area contributed by atoms with Crippen LogP contribution in [0.15, 0.2) is 24.3 Å². The van der Waals surface area contributed by atoms with Gasteiger partial charge in [-0.25, -0.2) is 0 Å². The SMILES string of the molecule is COCCCOc1ccccc1[B-](F)(F)F.[K+]. The first-order valence-corrected chi connectivity index (χ1v) is 4.96. The summed E-state index contributed by atoms with van der Waals surface area (Å²) in [6, 6.07) is 5.24. The van der Waals surface area contributed by atoms with Gasteiger partial charge in [0.25, 0.3) is 0 Å². The zero-order valence-corrected chi connectivity index (χ0v) is 13.1. The second-order valence-corrected chi connectivity index (χ2v) is 3.31. The summed E-state index contributed by atoms with van der Waals surface area (Å²) in [5.74, 6) is -0.105. The van der Waals surface area contributed by atoms with Crippen molar-refractivity contribution in [1.29, 1.82) is 0 Å². The standard InChI is InChI=1S/C10H13BF3O2.K/c1-15-7-4-8-16-10-6-3-2-5-9(10)11(12,13)14;/h2-3,5-6H,4,7-8H2,1H3;/q-1;+1. The Balaban J connectivity index is 0.00000256. The Morgan fingerprint density at radius 3 is 2.35 bits per heavy atom. The summed E-state index contributed by atoms with van der Waals surface area (Å²) < 4.78 is 47.6. The van der Waals surface area contributed by atoms with Crippen LogP contribution in [0.1, 0.15) is 6.42 Å². The molecule has 0 amide bonds. The van der Waals surface area contributed by atoms with Gasteiger partial charge in [0.05, 0.1) is 12.4 Å². The third-order valence-corrected chi connectivity index (χ3v) is 2.02. The van der Waals surface area contributed by atoms with E-state index in [0.29, 0.717) is 13.0 Å². The smallest absolute Gasteiger partial charge is 0.496 e. The monoisotopic (exact) mass is 272 g/mol. The fourth-order valence-corrected chi connectivity index (χ4v) is 1.27. The van der Waals surface area contributed by atoms with E-state index >= 15 is 0 Å². The van der Waals surface area contributed by atoms with Gasteiger partial charge in [0.1, 0.15) is 0 Å². The molecule has 0 aromatic heterocycles. The summed E-state index contributed by atoms with van der Waals surface area (Å²) in [5.41, 5.74) is -0.681. The van der Waals surface area contributed by atoms with E-state index in [1.54, 1.807) is 0 Å². The van der Waals surface area contributed by atoms with E-state index < -0.39 is 12.4 Å². The molecule has 1 rings (SSSR count). The van der Waals surface area contributed by atoms with Crippen molar-refractivity contribution in [3.8, 4) is 5.75 Å². The second-order valence-electron chi connectivity index (χ2n) is 3.31. The number of hydrogen-bond acceptors (Lipinski definition) is 2. The van der Waals surface area contributed by atoms with Gasteiger partial charge in [-0.1, -0.05) is 23.7 Å². The number of rotatable bonds is 6. The maximum absolute atomic E-state index is 12.6. The van der Waals surface area contributed by atoms with Crippen molar-refractivity contribution in [2.75, 3.05) is 20.3 Å². The van der Waals surface area contributed by atoms with E-state index in [9.17, 15) is 12.9 Å². The van der Waals surface area contributed by atoms with Crippen molar-refractivity contribution in [1.82, 2.24) is 0 Å². The van der Waals surface area contributed by atoms with Gasteiger partial charge in [-0.05, 0) is 6.07 Å². The topological polar surface area (TPSA) is 18.5 Å². The Morgan fingerprint density at radius 1 is 1.12 bits per heavy atom. The molecule has 0 saturated carbocycles. The molecule has 2 nitrogen and oxygen atoms in total. The van der Waals surface area contributed by atoms with Crippen molar-refractivity contribution in [3.63, 3.8) is 0 Å². The van der Waals surface area contributed by atoms with Gasteiger partial charge < -0.3 is 22.4 Å². The van der Waals surface area contributed by atoms with Crippen LogP contribution in [0.4, 0.5) is 12.9 Å². The van der Waals surface area contributed by atoms with Crippen LogP contribution in [-0.2, 0) is 4.74 Å². The van der Waals surface area contributed by atoms with Crippen molar-refractivity contribution in [2.24, 2.45) is 0 Å². The van der Waals surface area contributed by atoms with Crippen LogP contribution >= 0.6 is 0 Å². The van der Waals surface area contributed by atoms with Gasteiger partial charge in [0, 0.05) is 20.1 Å². The van der Waals surface area contributed by atoms with Gasteiger partial charge >= 0.3 is 58.4 Å². The van der Waals surface area contributed by atoms with Crippen LogP contribution in [0.25, 0.3) is 0 Å². The van der Waals surface area contributed by atoms with Crippen LogP contribution in [0.2, 0.25) is 0 Å². The van der Waals surface area contributed by atoms with Crippen molar-refractivity contribution in [3.05, 3.63) is 24.3 Å². The molecule has 1 aromatic rings. The van der Waals surface area contributed by atoms with Crippen molar-refractivity contribution < 1.29 is 73.8 Å². The maximum atomic E-state index is 12.6. The average molecular weight is 272 g/mol. The molecule has 1 aromatic carbocycles. The fraction of sp³-hybridized carbons (Fsp3) is 0.400. The molecule has 0 fully saturated rings. The molecule has 17 heavy (non-hydrogen) atoms. The molecule has 7 heteroatoms. The van der Waals surface area contributed by atoms with E-state index in [2.05, 4.69) is 0 Å². The summed E-state index contributed by atoms with van der Waals surface area (Å²) >= 11 is 0. The molecule has 0 spiro atoms. The summed E-state index contributed by atoms with van der Waals surface area (Å²) in [6.45, 7) is -4.33. The molecule has 0 N–H and O–H groups in total. The molecule has 0 atom stereocenters. The Hall–Kier alpha value is 0.471. The van der Waals surface area contributed by atoms with Crippen LogP contribution in [0, 0.1) is 0 Å². The summed E-state index contributed by atoms with van der Waals surface area (Å²) in [4.78, 5) is 0. The van der Waals surface area contributed by atoms with Crippen LogP contribution in [-0.4, -0.2) is 27.3 Å². The predicted molar refractivity (Wildman–Crippen MR) is 57.1 cm³/mol. The largest absolute Gasteiger partial charge is 1.00 e. The number of hydrogen-bond donors (Lipinski definition) is 0. The van der Waals surface area contributed by atoms with E-state index in [-0.39, 0.29) is 63.7 Å². The summed E-state index contributed by atoms with van der Waals surface area (Å²) in [6.07, 6.45) is 0.565. The third kappa shape index (κ3) is 6.26. The fourth-order valence-electron chi connectivity index (χ4n) is 1.27. The molecule has 0 heterocycles. The van der Waals surface area contributed by atoms with Gasteiger partial charge in [0.2, 0.25) is 0 Å². The Morgan fingerprint density at radius 2 is 1.76 bits per heavy atom. The van der Waals surface area contributed by atoms with Crippen LogP contribution in [0.3, 0.4) is 0 Å². The van der Waals surface area contributed by atoms with E-state index in [1.807, 2.05) is 0 Å². The Kier molecular flexibility index (Phi) is 8.79. The molecule has 0 bridgehead atoms. The molecule has 0 unspecified atom stereocenters. The van der Waals surface area contributed by atoms with E-state index in [0.717, 1.165) is 6.07 Å². The summed E-state index contributed by atoms with van der Waals surface area (Å²) in [7, 11) is 1.53. The van der Waals surface area contributed by atoms with E-state index in [4.69, 9.17) is 9.47 Å². The first-order chi connectivity index (χ1) is 7.55. The first kappa shape index (κ1) is 17.5. The second kappa shape index (κ2) is 8.55. The van der Waals surface area contributed by atoms with Crippen molar-refractivity contribution >= 4 is 12.4 Å². The van der Waals surface area contributed by atoms with E-state index in [1.165, 1.54) is 25.3 Å². The Labute approximate surface area is 141 Å². The number of para-hydroxylation sites is 1. The van der Waals surface area contributed by atoms with Gasteiger partial charge in [-0.3, -0.25) is 0 Å². The van der Waals surface area contributed by atoms with Crippen LogP contribution < -0.4 is 61.6 Å². The molecule has 90 valence electrons. The quantitative estimate of drug-likeness (QED) is 0.496. The molecule has 0 aliphatic heterocycles. The molecular formula is C10H13BF3KO2. The molecule has 0 radical (unpaired) electrons. The zero-order valence-electron chi connectivity index (χ0n) is 9.96. The Bertz CT molecular complexity index is 334. The number of methoxy groups -OCH3 is 1. The van der Waals surface area contributed by atoms with Gasteiger partial charge in [-0.2, -0.15) is 0 Å². The third-order valence-electron chi connectivity index (χ3n) is 2.02. The minimum atomic E-state index is -5.02. The van der Waals surface area contributed by atoms with Gasteiger partial charge in [-0.15, -0.1) is 0 Å². The van der Waals surface area contributed by atoms with Gasteiger partial charge in [0.15, 0.2) is 0 Å². The molecule has 0 aliphatic rings. The molecule has 0 aliphatic carbocycles. The molecular weight excluding hydrogens is 259 g/mol. The average Bonchev–Trinajstić information content (AvgIpc) is 2.24. The number of halogens is 3. The van der Waals surface area contributed by atoms with Crippen LogP contribution in [0.5, 0.6) is 5.75 Å². The number of ether oxygens (including phenoxy) is 2. The summed E-state index contributed by atoms with van der Waals surface area (Å²) in [5, 5.41) is 0. The molecule has 0 saturated heterocycles. The minimum absolute atomic E-state index is 0. The maximum Gasteiger partial charge on any atom is 1.00 e.